The van der Waals surface area contributed by atoms with Crippen LogP contribution in [0.5, 0.6) is 0 Å². The van der Waals surface area contributed by atoms with Crippen molar-refractivity contribution in [1.82, 2.24) is 19.7 Å². The van der Waals surface area contributed by atoms with Crippen LogP contribution in [0.1, 0.15) is 31.5 Å². The van der Waals surface area contributed by atoms with Crippen molar-refractivity contribution in [2.24, 2.45) is 7.05 Å². The monoisotopic (exact) mass is 308 g/mol. The highest BCUT2D eigenvalue weighted by Gasteiger charge is 2.17. The molecule has 0 radical (unpaired) electrons. The molecule has 0 fully saturated rings. The number of nitrogens with zero attached hydrogens (tertiary/aromatic N) is 4. The highest BCUT2D eigenvalue weighted by molar-refractivity contribution is 5.81. The lowest BCUT2D eigenvalue weighted by molar-refractivity contribution is 0.182. The van der Waals surface area contributed by atoms with E-state index in [0.717, 1.165) is 25.0 Å². The molecule has 0 saturated carbocycles. The van der Waals surface area contributed by atoms with E-state index in [4.69, 9.17) is 0 Å². The van der Waals surface area contributed by atoms with Crippen molar-refractivity contribution >= 4 is 10.9 Å². The molecule has 0 unspecified atom stereocenters. The minimum Gasteiger partial charge on any atom is -0.291 e. The highest BCUT2D eigenvalue weighted by atomic mass is 15.3. The largest absolute Gasteiger partial charge is 0.291 e. The van der Waals surface area contributed by atoms with E-state index in [9.17, 15) is 0 Å². The number of benzene rings is 1. The van der Waals surface area contributed by atoms with Crippen LogP contribution in [0.2, 0.25) is 0 Å². The Hall–Kier alpha value is -2.20. The minimum atomic E-state index is 0.511. The summed E-state index contributed by atoms with van der Waals surface area (Å²) in [6.07, 6.45) is 4.86. The fraction of sp³-hybridized carbons (Fsp3) is 0.368. The van der Waals surface area contributed by atoms with Gasteiger partial charge in [-0.2, -0.15) is 5.10 Å². The molecule has 0 saturated heterocycles. The second-order valence-electron chi connectivity index (χ2n) is 6.11. The maximum Gasteiger partial charge on any atom is 0.0926 e. The zero-order chi connectivity index (χ0) is 16.2. The number of fused-ring (bicyclic) bond motifs is 1. The predicted molar refractivity (Wildman–Crippen MR) is 94.0 cm³/mol. The van der Waals surface area contributed by atoms with Crippen LogP contribution >= 0.6 is 0 Å². The topological polar surface area (TPSA) is 34.0 Å². The van der Waals surface area contributed by atoms with E-state index >= 15 is 0 Å². The molecule has 23 heavy (non-hydrogen) atoms. The molecule has 4 heteroatoms. The van der Waals surface area contributed by atoms with Crippen molar-refractivity contribution in [2.75, 3.05) is 0 Å². The zero-order valence-electron chi connectivity index (χ0n) is 14.1. The second kappa shape index (κ2) is 6.92. The van der Waals surface area contributed by atoms with Crippen molar-refractivity contribution in [3.05, 3.63) is 60.0 Å². The van der Waals surface area contributed by atoms with Crippen molar-refractivity contribution in [3.8, 4) is 0 Å². The molecule has 3 rings (SSSR count). The molecule has 1 aromatic carbocycles. The van der Waals surface area contributed by atoms with Gasteiger partial charge in [-0.05, 0) is 37.1 Å². The maximum absolute atomic E-state index is 4.64. The first-order chi connectivity index (χ1) is 11.2. The number of pyridine rings is 1. The predicted octanol–water partition coefficient (Wildman–Crippen LogP) is 3.77. The van der Waals surface area contributed by atoms with Crippen LogP contribution in [-0.4, -0.2) is 25.7 Å². The number of rotatable bonds is 6. The van der Waals surface area contributed by atoms with Crippen molar-refractivity contribution < 1.29 is 0 Å². The summed E-state index contributed by atoms with van der Waals surface area (Å²) in [6, 6.07) is 13.1. The Morgan fingerprint density at radius 3 is 2.57 bits per heavy atom. The average Bonchev–Trinajstić information content (AvgIpc) is 2.90. The summed E-state index contributed by atoms with van der Waals surface area (Å²) >= 11 is 0. The minimum absolute atomic E-state index is 0.511. The summed E-state index contributed by atoms with van der Waals surface area (Å²) < 4.78 is 2.02. The summed E-state index contributed by atoms with van der Waals surface area (Å²) in [4.78, 5) is 6.63. The molecule has 0 spiro atoms. The van der Waals surface area contributed by atoms with Crippen LogP contribution in [0, 0.1) is 0 Å². The number of hydrogen-bond donors (Lipinski definition) is 0. The Bertz CT molecular complexity index is 763. The molecule has 0 amide bonds. The van der Waals surface area contributed by atoms with Gasteiger partial charge in [0.05, 0.1) is 11.2 Å². The maximum atomic E-state index is 4.64. The standard InChI is InChI=1S/C19H24N4/c1-4-15(2)23(13-16-9-11-20-12-10-16)14-19-17-7-5-6-8-18(17)21-22(19)3/h5-12,15H,4,13-14H2,1-3H3/t15-/m0/s1. The van der Waals surface area contributed by atoms with Gasteiger partial charge in [0.25, 0.3) is 0 Å². The number of hydrogen-bond acceptors (Lipinski definition) is 3. The molecule has 0 aliphatic rings. The molecule has 2 heterocycles. The smallest absolute Gasteiger partial charge is 0.0926 e. The average molecular weight is 308 g/mol. The second-order valence-corrected chi connectivity index (χ2v) is 6.11. The van der Waals surface area contributed by atoms with Crippen LogP contribution in [0.25, 0.3) is 10.9 Å². The molecule has 2 aromatic heterocycles. The number of aromatic nitrogens is 3. The molecule has 120 valence electrons. The van der Waals surface area contributed by atoms with Gasteiger partial charge in [0.15, 0.2) is 0 Å². The third-order valence-corrected chi connectivity index (χ3v) is 4.57. The van der Waals surface area contributed by atoms with E-state index in [0.29, 0.717) is 6.04 Å². The fourth-order valence-corrected chi connectivity index (χ4v) is 2.93. The van der Waals surface area contributed by atoms with Crippen LogP contribution < -0.4 is 0 Å². The lowest BCUT2D eigenvalue weighted by atomic mass is 10.1. The van der Waals surface area contributed by atoms with E-state index in [1.165, 1.54) is 16.6 Å². The van der Waals surface area contributed by atoms with Gasteiger partial charge in [0.1, 0.15) is 0 Å². The summed E-state index contributed by atoms with van der Waals surface area (Å²) in [5, 5.41) is 5.89. The molecular weight excluding hydrogens is 284 g/mol. The normalized spacial score (nSPS) is 12.9. The molecule has 1 atom stereocenters. The molecule has 0 aliphatic heterocycles. The van der Waals surface area contributed by atoms with E-state index in [1.54, 1.807) is 0 Å². The Balaban J connectivity index is 1.89. The first-order valence-corrected chi connectivity index (χ1v) is 8.22. The van der Waals surface area contributed by atoms with Crippen LogP contribution in [0.3, 0.4) is 0 Å². The van der Waals surface area contributed by atoms with Crippen LogP contribution in [0.4, 0.5) is 0 Å². The first kappa shape index (κ1) is 15.7. The fourth-order valence-electron chi connectivity index (χ4n) is 2.93. The Kier molecular flexibility index (Phi) is 4.72. The molecule has 4 nitrogen and oxygen atoms in total. The van der Waals surface area contributed by atoms with Gasteiger partial charge in [0.2, 0.25) is 0 Å². The lowest BCUT2D eigenvalue weighted by Crippen LogP contribution is -2.32. The Morgan fingerprint density at radius 1 is 1.09 bits per heavy atom. The summed E-state index contributed by atoms with van der Waals surface area (Å²) in [5.74, 6) is 0. The highest BCUT2D eigenvalue weighted by Crippen LogP contribution is 2.21. The van der Waals surface area contributed by atoms with Gasteiger partial charge in [-0.15, -0.1) is 0 Å². The summed E-state index contributed by atoms with van der Waals surface area (Å²) in [6.45, 7) is 6.36. The Morgan fingerprint density at radius 2 is 1.83 bits per heavy atom. The number of aryl methyl sites for hydroxylation is 1. The SMILES string of the molecule is CC[C@H](C)N(Cc1ccncc1)Cc1c2ccccc2nn1C. The zero-order valence-corrected chi connectivity index (χ0v) is 14.1. The summed E-state index contributed by atoms with van der Waals surface area (Å²) in [5.41, 5.74) is 3.64. The molecule has 0 bridgehead atoms. The van der Waals surface area contributed by atoms with Gasteiger partial charge < -0.3 is 0 Å². The van der Waals surface area contributed by atoms with E-state index in [-0.39, 0.29) is 0 Å². The first-order valence-electron chi connectivity index (χ1n) is 8.22. The lowest BCUT2D eigenvalue weighted by Gasteiger charge is -2.28. The van der Waals surface area contributed by atoms with E-state index in [1.807, 2.05) is 30.2 Å². The van der Waals surface area contributed by atoms with Gasteiger partial charge in [-0.3, -0.25) is 14.6 Å². The molecular formula is C19H24N4. The van der Waals surface area contributed by atoms with Gasteiger partial charge in [-0.1, -0.05) is 25.1 Å². The molecule has 0 aliphatic carbocycles. The van der Waals surface area contributed by atoms with Crippen LogP contribution in [-0.2, 0) is 20.1 Å². The van der Waals surface area contributed by atoms with Gasteiger partial charge in [-0.25, -0.2) is 0 Å². The quantitative estimate of drug-likeness (QED) is 0.695. The van der Waals surface area contributed by atoms with Crippen LogP contribution in [0.15, 0.2) is 48.8 Å². The van der Waals surface area contributed by atoms with E-state index in [2.05, 4.69) is 59.2 Å². The van der Waals surface area contributed by atoms with E-state index < -0.39 is 0 Å². The van der Waals surface area contributed by atoms with Crippen molar-refractivity contribution in [2.45, 2.75) is 39.4 Å². The van der Waals surface area contributed by atoms with Crippen molar-refractivity contribution in [3.63, 3.8) is 0 Å². The molecule has 0 N–H and O–H groups in total. The Labute approximate surface area is 137 Å². The van der Waals surface area contributed by atoms with Gasteiger partial charge >= 0.3 is 0 Å². The van der Waals surface area contributed by atoms with Crippen molar-refractivity contribution in [1.29, 1.82) is 0 Å². The van der Waals surface area contributed by atoms with Gasteiger partial charge in [0, 0.05) is 44.0 Å². The third kappa shape index (κ3) is 3.42. The third-order valence-electron chi connectivity index (χ3n) is 4.57. The molecule has 3 aromatic rings. The summed E-state index contributed by atoms with van der Waals surface area (Å²) in [7, 11) is 2.04.